The number of amides is 1. The molecule has 0 atom stereocenters. The summed E-state index contributed by atoms with van der Waals surface area (Å²) in [5.74, 6) is 1.00. The Bertz CT molecular complexity index is 274. The second-order valence-corrected chi connectivity index (χ2v) is 6.38. The van der Waals surface area contributed by atoms with E-state index < -0.39 is 0 Å². The maximum Gasteiger partial charge on any atom is 0.217 e. The van der Waals surface area contributed by atoms with Gasteiger partial charge in [0.1, 0.15) is 0 Å². The van der Waals surface area contributed by atoms with Crippen LogP contribution in [0.5, 0.6) is 0 Å². The lowest BCUT2D eigenvalue weighted by Crippen LogP contribution is -2.09. The number of thiol groups is 1. The summed E-state index contributed by atoms with van der Waals surface area (Å²) >= 11 is 1.45. The Morgan fingerprint density at radius 2 is 1.65 bits per heavy atom. The van der Waals surface area contributed by atoms with Gasteiger partial charge in [0.05, 0.1) is 0 Å². The van der Waals surface area contributed by atoms with E-state index in [1.54, 1.807) is 0 Å². The molecule has 0 unspecified atom stereocenters. The van der Waals surface area contributed by atoms with E-state index >= 15 is 0 Å². The standard InChI is InChI=1S/C17H33NOS/c1-2-3-4-5-9-12-15-20-16-13-10-7-6-8-11-14-17(18)19/h9,12,16,20H,2-8,10-11,13-15H2,1H3,(H2,18,19)/b12-9-. The Morgan fingerprint density at radius 1 is 0.950 bits per heavy atom. The lowest BCUT2D eigenvalue weighted by Gasteiger charge is -1.98. The summed E-state index contributed by atoms with van der Waals surface area (Å²) in [7, 11) is 0. The minimum atomic E-state index is -0.167. The van der Waals surface area contributed by atoms with Crippen LogP contribution in [0.25, 0.3) is 0 Å². The van der Waals surface area contributed by atoms with Gasteiger partial charge >= 0.3 is 0 Å². The Labute approximate surface area is 129 Å². The Hall–Kier alpha value is -0.570. The average Bonchev–Trinajstić information content (AvgIpc) is 2.43. The fourth-order valence-corrected chi connectivity index (χ4v) is 2.78. The summed E-state index contributed by atoms with van der Waals surface area (Å²) in [5.41, 5.74) is 5.10. The van der Waals surface area contributed by atoms with E-state index in [0.717, 1.165) is 12.8 Å². The quantitative estimate of drug-likeness (QED) is 0.209. The molecule has 0 aliphatic rings. The number of carbonyl (C=O) groups is 1. The fourth-order valence-electron chi connectivity index (χ4n) is 2.00. The second-order valence-electron chi connectivity index (χ2n) is 5.29. The summed E-state index contributed by atoms with van der Waals surface area (Å²) in [6.45, 7) is 2.25. The van der Waals surface area contributed by atoms with Crippen molar-refractivity contribution in [2.24, 2.45) is 5.73 Å². The maximum absolute atomic E-state index is 10.5. The molecule has 0 fully saturated rings. The molecule has 0 heterocycles. The number of hydrogen-bond acceptors (Lipinski definition) is 1. The summed E-state index contributed by atoms with van der Waals surface area (Å²) < 4.78 is 0. The van der Waals surface area contributed by atoms with Gasteiger partial charge in [-0.1, -0.05) is 56.5 Å². The first kappa shape index (κ1) is 19.4. The number of nitrogens with two attached hydrogens (primary N) is 1. The molecule has 0 saturated heterocycles. The van der Waals surface area contributed by atoms with Gasteiger partial charge in [-0.2, -0.15) is 0 Å². The van der Waals surface area contributed by atoms with Gasteiger partial charge < -0.3 is 5.73 Å². The van der Waals surface area contributed by atoms with Crippen LogP contribution in [0.2, 0.25) is 0 Å². The molecule has 0 aromatic carbocycles. The number of unbranched alkanes of at least 4 members (excludes halogenated alkanes) is 8. The monoisotopic (exact) mass is 299 g/mol. The molecular formula is C17H33NOS. The highest BCUT2D eigenvalue weighted by atomic mass is 32.1. The molecular weight excluding hydrogens is 266 g/mol. The normalized spacial score (nSPS) is 12.1. The van der Waals surface area contributed by atoms with Gasteiger partial charge in [-0.15, -0.1) is 0 Å². The number of allylic oxidation sites excluding steroid dienone is 1. The molecule has 0 radical (unpaired) electrons. The first-order valence-corrected chi connectivity index (χ1v) is 9.33. The van der Waals surface area contributed by atoms with E-state index in [9.17, 15) is 4.79 Å². The zero-order chi connectivity index (χ0) is 14.9. The zero-order valence-corrected chi connectivity index (χ0v) is 14.0. The second kappa shape index (κ2) is 16.5. The van der Waals surface area contributed by atoms with Crippen molar-refractivity contribution in [1.29, 1.82) is 0 Å². The van der Waals surface area contributed by atoms with Gasteiger partial charge in [-0.05, 0) is 32.1 Å². The van der Waals surface area contributed by atoms with E-state index in [1.165, 1.54) is 68.5 Å². The molecule has 1 amide bonds. The minimum Gasteiger partial charge on any atom is -0.370 e. The number of hydrogen-bond donors (Lipinski definition) is 2. The van der Waals surface area contributed by atoms with Crippen LogP contribution in [0.4, 0.5) is 0 Å². The first-order chi connectivity index (χ1) is 9.77. The highest BCUT2D eigenvalue weighted by Crippen LogP contribution is 2.06. The Kier molecular flexibility index (Phi) is 16.0. The van der Waals surface area contributed by atoms with Crippen LogP contribution in [0.1, 0.15) is 77.6 Å². The van der Waals surface area contributed by atoms with Gasteiger partial charge in [0.15, 0.2) is 0 Å². The Morgan fingerprint density at radius 3 is 2.40 bits per heavy atom. The van der Waals surface area contributed by atoms with Crippen LogP contribution in [0.15, 0.2) is 12.2 Å². The molecule has 0 rings (SSSR count). The van der Waals surface area contributed by atoms with Crippen LogP contribution >= 0.6 is 11.4 Å². The Balaban J connectivity index is 3.17. The molecule has 0 aromatic heterocycles. The number of carbonyl (C=O) groups excluding carboxylic acids is 1. The topological polar surface area (TPSA) is 43.1 Å². The molecule has 0 aromatic rings. The van der Waals surface area contributed by atoms with Gasteiger partial charge in [0.25, 0.3) is 0 Å². The largest absolute Gasteiger partial charge is 0.370 e. The van der Waals surface area contributed by atoms with Crippen LogP contribution in [0.3, 0.4) is 0 Å². The molecule has 20 heavy (non-hydrogen) atoms. The third-order valence-electron chi connectivity index (χ3n) is 3.24. The summed E-state index contributed by atoms with van der Waals surface area (Å²) in [6.07, 6.45) is 17.6. The SMILES string of the molecule is CCCCC/C=C\C/[SH]=C\CCCCCCCC(N)=O. The van der Waals surface area contributed by atoms with Crippen molar-refractivity contribution in [2.45, 2.75) is 77.6 Å². The van der Waals surface area contributed by atoms with E-state index in [4.69, 9.17) is 5.73 Å². The van der Waals surface area contributed by atoms with Gasteiger partial charge in [-0.3, -0.25) is 4.79 Å². The molecule has 3 heteroatoms. The van der Waals surface area contributed by atoms with Crippen LogP contribution in [0, 0.1) is 0 Å². The first-order valence-electron chi connectivity index (χ1n) is 8.19. The van der Waals surface area contributed by atoms with E-state index in [-0.39, 0.29) is 5.91 Å². The van der Waals surface area contributed by atoms with Crippen molar-refractivity contribution in [3.05, 3.63) is 12.2 Å². The molecule has 0 bridgehead atoms. The molecule has 2 N–H and O–H groups in total. The summed E-state index contributed by atoms with van der Waals surface area (Å²) in [6, 6.07) is 0. The number of rotatable bonds is 14. The summed E-state index contributed by atoms with van der Waals surface area (Å²) in [4.78, 5) is 10.5. The van der Waals surface area contributed by atoms with Gasteiger partial charge in [-0.25, -0.2) is 11.4 Å². The molecule has 118 valence electrons. The zero-order valence-electron chi connectivity index (χ0n) is 13.2. The molecule has 0 saturated carbocycles. The van der Waals surface area contributed by atoms with Crippen molar-refractivity contribution < 1.29 is 4.79 Å². The van der Waals surface area contributed by atoms with E-state index in [1.807, 2.05) is 0 Å². The van der Waals surface area contributed by atoms with Crippen LogP contribution < -0.4 is 5.73 Å². The minimum absolute atomic E-state index is 0.167. The predicted octanol–water partition coefficient (Wildman–Crippen LogP) is 4.61. The third kappa shape index (κ3) is 17.4. The molecule has 2 nitrogen and oxygen atoms in total. The van der Waals surface area contributed by atoms with E-state index in [2.05, 4.69) is 24.4 Å². The molecule has 0 aliphatic heterocycles. The van der Waals surface area contributed by atoms with Crippen molar-refractivity contribution in [3.63, 3.8) is 0 Å². The predicted molar refractivity (Wildman–Crippen MR) is 94.7 cm³/mol. The lowest BCUT2D eigenvalue weighted by atomic mass is 10.1. The molecule has 0 spiro atoms. The van der Waals surface area contributed by atoms with Gasteiger partial charge in [0, 0.05) is 12.2 Å². The smallest absolute Gasteiger partial charge is 0.217 e. The van der Waals surface area contributed by atoms with Crippen molar-refractivity contribution in [3.8, 4) is 0 Å². The van der Waals surface area contributed by atoms with Crippen LogP contribution in [-0.2, 0) is 4.79 Å². The average molecular weight is 300 g/mol. The fraction of sp³-hybridized carbons (Fsp3) is 0.765. The highest BCUT2D eigenvalue weighted by Gasteiger charge is 1.94. The lowest BCUT2D eigenvalue weighted by molar-refractivity contribution is -0.118. The van der Waals surface area contributed by atoms with E-state index in [0.29, 0.717) is 6.42 Å². The van der Waals surface area contributed by atoms with Crippen molar-refractivity contribution in [1.82, 2.24) is 0 Å². The summed E-state index contributed by atoms with van der Waals surface area (Å²) in [5, 5.41) is 2.39. The maximum atomic E-state index is 10.5. The van der Waals surface area contributed by atoms with Crippen molar-refractivity contribution in [2.75, 3.05) is 5.75 Å². The highest BCUT2D eigenvalue weighted by molar-refractivity contribution is 7.97. The number of primary amides is 1. The molecule has 0 aliphatic carbocycles. The van der Waals surface area contributed by atoms with Crippen molar-refractivity contribution >= 4 is 22.6 Å². The van der Waals surface area contributed by atoms with Gasteiger partial charge in [0.2, 0.25) is 5.91 Å². The van der Waals surface area contributed by atoms with Crippen LogP contribution in [-0.4, -0.2) is 17.0 Å². The third-order valence-corrected chi connectivity index (χ3v) is 4.18.